The minimum Gasteiger partial charge on any atom is -0.481 e. The molecular formula is C12H24O12Rh2. The third-order valence-corrected chi connectivity index (χ3v) is 0. The second kappa shape index (κ2) is 43.5. The topological polar surface area (TPSA) is 224 Å². The van der Waals surface area contributed by atoms with Gasteiger partial charge in [-0.3, -0.25) is 28.8 Å². The first-order valence-electron chi connectivity index (χ1n) is 5.57. The molecule has 0 amide bonds. The van der Waals surface area contributed by atoms with Crippen LogP contribution in [0.5, 0.6) is 0 Å². The van der Waals surface area contributed by atoms with Crippen LogP contribution in [0.4, 0.5) is 0 Å². The fraction of sp³-hybridized carbons (Fsp3) is 0.500. The molecule has 0 rings (SSSR count). The molecule has 0 aliphatic heterocycles. The van der Waals surface area contributed by atoms with E-state index >= 15 is 0 Å². The van der Waals surface area contributed by atoms with E-state index in [0.717, 1.165) is 41.5 Å². The van der Waals surface area contributed by atoms with Gasteiger partial charge in [-0.1, -0.05) is 0 Å². The van der Waals surface area contributed by atoms with Gasteiger partial charge in [0, 0.05) is 80.5 Å². The number of carbonyl (C=O) groups is 6. The maximum atomic E-state index is 9.00. The van der Waals surface area contributed by atoms with Gasteiger partial charge in [-0.25, -0.2) is 0 Å². The summed E-state index contributed by atoms with van der Waals surface area (Å²) in [6.45, 7) is 6.50. The Kier molecular flexibility index (Phi) is 83.0. The van der Waals surface area contributed by atoms with Gasteiger partial charge in [0.05, 0.1) is 0 Å². The number of carboxylic acids is 6. The number of carboxylic acid groups (broad SMARTS) is 6. The van der Waals surface area contributed by atoms with E-state index in [9.17, 15) is 0 Å². The molecule has 2 radical (unpaired) electrons. The molecule has 0 saturated heterocycles. The molecule has 0 spiro atoms. The Bertz CT molecular complexity index is 265. The van der Waals surface area contributed by atoms with Gasteiger partial charge in [-0.15, -0.1) is 0 Å². The summed E-state index contributed by atoms with van der Waals surface area (Å²) in [7, 11) is 0. The van der Waals surface area contributed by atoms with E-state index in [1.165, 1.54) is 0 Å². The van der Waals surface area contributed by atoms with Crippen LogP contribution in [0.1, 0.15) is 41.5 Å². The van der Waals surface area contributed by atoms with Crippen LogP contribution < -0.4 is 0 Å². The van der Waals surface area contributed by atoms with Crippen molar-refractivity contribution in [3.63, 3.8) is 0 Å². The van der Waals surface area contributed by atoms with Gasteiger partial charge in [0.1, 0.15) is 0 Å². The van der Waals surface area contributed by atoms with E-state index < -0.39 is 35.8 Å². The van der Waals surface area contributed by atoms with Crippen LogP contribution in [0.3, 0.4) is 0 Å². The Balaban J connectivity index is -0.0000000245. The quantitative estimate of drug-likeness (QED) is 0.221. The van der Waals surface area contributed by atoms with Crippen LogP contribution in [-0.2, 0) is 67.7 Å². The molecule has 0 aromatic carbocycles. The molecule has 6 N–H and O–H groups in total. The molecule has 14 heteroatoms. The summed E-state index contributed by atoms with van der Waals surface area (Å²) in [5.41, 5.74) is 0. The third-order valence-electron chi connectivity index (χ3n) is 0. The predicted octanol–water partition coefficient (Wildman–Crippen LogP) is 0.540. The zero-order chi connectivity index (χ0) is 21.5. The Labute approximate surface area is 175 Å². The summed E-state index contributed by atoms with van der Waals surface area (Å²) in [4.78, 5) is 54.0. The number of aliphatic carboxylic acids is 6. The fourth-order valence-electron chi connectivity index (χ4n) is 0. The van der Waals surface area contributed by atoms with Crippen molar-refractivity contribution in [3.05, 3.63) is 0 Å². The SMILES string of the molecule is CC(=O)O.CC(=O)O.CC(=O)O.CC(=O)O.CC(=O)O.CC(=O)O.[Rh].[Rh]. The molecule has 0 aliphatic carbocycles. The largest absolute Gasteiger partial charge is 0.481 e. The molecule has 162 valence electrons. The van der Waals surface area contributed by atoms with Crippen LogP contribution in [-0.4, -0.2) is 66.5 Å². The van der Waals surface area contributed by atoms with Crippen molar-refractivity contribution in [1.82, 2.24) is 0 Å². The molecule has 12 nitrogen and oxygen atoms in total. The number of rotatable bonds is 0. The fourth-order valence-corrected chi connectivity index (χ4v) is 0. The number of hydrogen-bond acceptors (Lipinski definition) is 6. The van der Waals surface area contributed by atoms with Crippen molar-refractivity contribution in [3.8, 4) is 0 Å². The van der Waals surface area contributed by atoms with Gasteiger partial charge in [0.2, 0.25) is 0 Å². The summed E-state index contributed by atoms with van der Waals surface area (Å²) in [5.74, 6) is -5.00. The molecule has 0 heterocycles. The molecule has 0 unspecified atom stereocenters. The molecular weight excluding hydrogens is 542 g/mol. The summed E-state index contributed by atoms with van der Waals surface area (Å²) in [6.07, 6.45) is 0. The van der Waals surface area contributed by atoms with Gasteiger partial charge < -0.3 is 30.6 Å². The molecule has 0 aliphatic rings. The minimum absolute atomic E-state index is 0. The first-order valence-corrected chi connectivity index (χ1v) is 5.57. The van der Waals surface area contributed by atoms with E-state index in [-0.39, 0.29) is 39.0 Å². The van der Waals surface area contributed by atoms with Gasteiger partial charge in [-0.05, 0) is 0 Å². The van der Waals surface area contributed by atoms with Crippen molar-refractivity contribution in [1.29, 1.82) is 0 Å². The Morgan fingerprint density at radius 1 is 0.346 bits per heavy atom. The average molecular weight is 566 g/mol. The normalized spacial score (nSPS) is 5.77. The standard InChI is InChI=1S/6C2H4O2.2Rh/c6*1-2(3)4;;/h6*1H3,(H,3,4);;. The van der Waals surface area contributed by atoms with Crippen LogP contribution in [0.2, 0.25) is 0 Å². The molecule has 0 aromatic heterocycles. The van der Waals surface area contributed by atoms with Crippen molar-refractivity contribution in [2.75, 3.05) is 0 Å². The van der Waals surface area contributed by atoms with E-state index in [1.54, 1.807) is 0 Å². The minimum atomic E-state index is -0.833. The molecule has 0 saturated carbocycles. The van der Waals surface area contributed by atoms with Gasteiger partial charge in [0.25, 0.3) is 35.8 Å². The summed E-state index contributed by atoms with van der Waals surface area (Å²) in [6, 6.07) is 0. The van der Waals surface area contributed by atoms with Crippen LogP contribution >= 0.6 is 0 Å². The molecule has 0 atom stereocenters. The average Bonchev–Trinajstić information content (AvgIpc) is 2.08. The predicted molar refractivity (Wildman–Crippen MR) is 79.9 cm³/mol. The van der Waals surface area contributed by atoms with E-state index in [2.05, 4.69) is 0 Å². The van der Waals surface area contributed by atoms with E-state index in [1.807, 2.05) is 0 Å². The zero-order valence-corrected chi connectivity index (χ0v) is 18.1. The van der Waals surface area contributed by atoms with Gasteiger partial charge in [0.15, 0.2) is 0 Å². The van der Waals surface area contributed by atoms with Crippen molar-refractivity contribution in [2.24, 2.45) is 0 Å². The summed E-state index contributed by atoms with van der Waals surface area (Å²) < 4.78 is 0. The monoisotopic (exact) mass is 566 g/mol. The van der Waals surface area contributed by atoms with E-state index in [4.69, 9.17) is 59.4 Å². The van der Waals surface area contributed by atoms with Crippen LogP contribution in [0.25, 0.3) is 0 Å². The maximum Gasteiger partial charge on any atom is 0.300 e. The second-order valence-electron chi connectivity index (χ2n) is 3.11. The van der Waals surface area contributed by atoms with E-state index in [0.29, 0.717) is 0 Å². The Hall–Kier alpha value is -1.93. The third kappa shape index (κ3) is 2620. The van der Waals surface area contributed by atoms with Crippen LogP contribution in [0.15, 0.2) is 0 Å². The zero-order valence-electron chi connectivity index (χ0n) is 14.8. The Morgan fingerprint density at radius 3 is 0.346 bits per heavy atom. The number of hydrogen-bond donors (Lipinski definition) is 6. The first kappa shape index (κ1) is 49.6. The molecule has 0 fully saturated rings. The molecule has 26 heavy (non-hydrogen) atoms. The summed E-state index contributed by atoms with van der Waals surface area (Å²) in [5, 5.41) is 44.5. The van der Waals surface area contributed by atoms with Crippen LogP contribution in [0, 0.1) is 0 Å². The van der Waals surface area contributed by atoms with Gasteiger partial charge in [-0.2, -0.15) is 0 Å². The molecule has 0 aromatic rings. The van der Waals surface area contributed by atoms with Gasteiger partial charge >= 0.3 is 0 Å². The van der Waals surface area contributed by atoms with Crippen molar-refractivity contribution in [2.45, 2.75) is 41.5 Å². The first-order chi connectivity index (χ1) is 10.4. The van der Waals surface area contributed by atoms with Crippen molar-refractivity contribution < 1.29 is 98.4 Å². The smallest absolute Gasteiger partial charge is 0.300 e. The summed E-state index contributed by atoms with van der Waals surface area (Å²) >= 11 is 0. The van der Waals surface area contributed by atoms with Crippen molar-refractivity contribution >= 4 is 35.8 Å². The second-order valence-corrected chi connectivity index (χ2v) is 3.11. The molecule has 0 bridgehead atoms. The maximum absolute atomic E-state index is 9.00. The Morgan fingerprint density at radius 2 is 0.346 bits per heavy atom.